The molecule has 0 unspecified atom stereocenters. The molecule has 15 heavy (non-hydrogen) atoms. The van der Waals surface area contributed by atoms with Gasteiger partial charge in [0.05, 0.1) is 0 Å². The molecular weight excluding hydrogens is 186 g/mol. The molecule has 1 aliphatic carbocycles. The van der Waals surface area contributed by atoms with Crippen molar-refractivity contribution in [1.29, 1.82) is 0 Å². The summed E-state index contributed by atoms with van der Waals surface area (Å²) in [6.07, 6.45) is 15.5. The monoisotopic (exact) mass is 210 g/mol. The predicted octanol–water partition coefficient (Wildman–Crippen LogP) is 5.01. The van der Waals surface area contributed by atoms with Crippen molar-refractivity contribution in [2.45, 2.75) is 82.3 Å². The summed E-state index contributed by atoms with van der Waals surface area (Å²) >= 11 is 0. The molecule has 2 rings (SSSR count). The van der Waals surface area contributed by atoms with Gasteiger partial charge in [0.15, 0.2) is 0 Å². The Hall–Kier alpha value is -0.00506. The fourth-order valence-corrected chi connectivity index (χ4v) is 3.13. The van der Waals surface area contributed by atoms with Gasteiger partial charge in [0.25, 0.3) is 0 Å². The predicted molar refractivity (Wildman–Crippen MR) is 65.1 cm³/mol. The highest BCUT2D eigenvalue weighted by atomic mass is 19.1. The molecule has 1 saturated carbocycles. The van der Waals surface area contributed by atoms with E-state index in [2.05, 4.69) is 0 Å². The lowest BCUT2D eigenvalue weighted by atomic mass is 9.75. The molecule has 0 bridgehead atoms. The molecule has 0 radical (unpaired) electrons. The van der Waals surface area contributed by atoms with Crippen molar-refractivity contribution in [2.24, 2.45) is 0 Å². The Bertz CT molecular complexity index is 181. The molecule has 0 atom stereocenters. The largest absolute Gasteiger partial charge is 0.353 e. The van der Waals surface area contributed by atoms with Crippen molar-refractivity contribution in [3.63, 3.8) is 0 Å². The summed E-state index contributed by atoms with van der Waals surface area (Å²) in [5.41, 5.74) is 0. The molecule has 2 heteroatoms. The molecule has 86 valence electrons. The van der Waals surface area contributed by atoms with Crippen molar-refractivity contribution in [2.75, 3.05) is 0 Å². The van der Waals surface area contributed by atoms with Gasteiger partial charge in [0.2, 0.25) is 0 Å². The summed E-state index contributed by atoms with van der Waals surface area (Å²) in [5.74, 6) is 0. The van der Waals surface area contributed by atoms with Gasteiger partial charge in [-0.3, -0.25) is 0 Å². The van der Waals surface area contributed by atoms with Crippen LogP contribution in [-0.4, -0.2) is 6.99 Å². The van der Waals surface area contributed by atoms with Crippen LogP contribution in [0.3, 0.4) is 0 Å². The van der Waals surface area contributed by atoms with E-state index in [0.29, 0.717) is 0 Å². The van der Waals surface area contributed by atoms with Gasteiger partial charge in [-0.2, -0.15) is 0 Å². The van der Waals surface area contributed by atoms with E-state index >= 15 is 0 Å². The van der Waals surface area contributed by atoms with Gasteiger partial charge in [-0.05, 0) is 11.6 Å². The zero-order chi connectivity index (χ0) is 10.6. The zero-order valence-electron chi connectivity index (χ0n) is 9.94. The Labute approximate surface area is 94.1 Å². The molecule has 1 heterocycles. The normalized spacial score (nSPS) is 28.2. The fraction of sp³-hybridized carbons (Fsp3) is 1.00. The standard InChI is InChI=1S/C13H24BF/c15-14-12-13(14)10-8-6-4-2-1-3-5-7-9-11-13/h1-12H2. The Balaban J connectivity index is 1.76. The van der Waals surface area contributed by atoms with Crippen molar-refractivity contribution >= 4 is 6.99 Å². The Morgan fingerprint density at radius 1 is 0.667 bits per heavy atom. The summed E-state index contributed by atoms with van der Waals surface area (Å²) in [6, 6.07) is 0. The van der Waals surface area contributed by atoms with Crippen LogP contribution in [0, 0.1) is 0 Å². The molecule has 2 fully saturated rings. The summed E-state index contributed by atoms with van der Waals surface area (Å²) in [5, 5.41) is 0.166. The van der Waals surface area contributed by atoms with Gasteiger partial charge in [-0.1, -0.05) is 70.6 Å². The van der Waals surface area contributed by atoms with Gasteiger partial charge >= 0.3 is 6.99 Å². The quantitative estimate of drug-likeness (QED) is 0.493. The minimum Gasteiger partial charge on any atom is -0.336 e. The van der Waals surface area contributed by atoms with Gasteiger partial charge in [-0.25, -0.2) is 0 Å². The lowest BCUT2D eigenvalue weighted by molar-refractivity contribution is 0.462. The maximum atomic E-state index is 13.4. The first-order valence-electron chi connectivity index (χ1n) is 6.98. The minimum absolute atomic E-state index is 0.166. The van der Waals surface area contributed by atoms with Gasteiger partial charge in [0.1, 0.15) is 0 Å². The third kappa shape index (κ3) is 3.22. The van der Waals surface area contributed by atoms with Crippen molar-refractivity contribution in [1.82, 2.24) is 0 Å². The molecule has 0 nitrogen and oxygen atoms in total. The van der Waals surface area contributed by atoms with Crippen LogP contribution in [0.25, 0.3) is 0 Å². The maximum absolute atomic E-state index is 13.4. The van der Waals surface area contributed by atoms with Gasteiger partial charge in [0, 0.05) is 0 Å². The third-order valence-electron chi connectivity index (χ3n) is 4.44. The molecule has 0 amide bonds. The highest BCUT2D eigenvalue weighted by molar-refractivity contribution is 6.67. The van der Waals surface area contributed by atoms with E-state index in [9.17, 15) is 4.32 Å². The van der Waals surface area contributed by atoms with Crippen LogP contribution in [0.4, 0.5) is 4.32 Å². The molecule has 0 aromatic rings. The van der Waals surface area contributed by atoms with E-state index < -0.39 is 6.99 Å². The molecule has 0 N–H and O–H groups in total. The van der Waals surface area contributed by atoms with Crippen LogP contribution in [0.15, 0.2) is 0 Å². The topological polar surface area (TPSA) is 0 Å². The Kier molecular flexibility index (Phi) is 4.10. The number of halogens is 1. The molecule has 0 aromatic carbocycles. The third-order valence-corrected chi connectivity index (χ3v) is 4.44. The van der Waals surface area contributed by atoms with Crippen LogP contribution in [0.1, 0.15) is 70.6 Å². The smallest absolute Gasteiger partial charge is 0.336 e. The molecule has 2 aliphatic rings. The molecule has 1 aliphatic heterocycles. The Morgan fingerprint density at radius 3 is 1.33 bits per heavy atom. The van der Waals surface area contributed by atoms with E-state index in [1.165, 1.54) is 70.6 Å². The molecular formula is C13H24BF. The zero-order valence-corrected chi connectivity index (χ0v) is 9.94. The highest BCUT2D eigenvalue weighted by Crippen LogP contribution is 2.61. The summed E-state index contributed by atoms with van der Waals surface area (Å²) < 4.78 is 13.4. The lowest BCUT2D eigenvalue weighted by Crippen LogP contribution is -2.01. The minimum atomic E-state index is -0.444. The van der Waals surface area contributed by atoms with E-state index in [-0.39, 0.29) is 5.31 Å². The summed E-state index contributed by atoms with van der Waals surface area (Å²) in [7, 11) is 0. The average Bonchev–Trinajstić information content (AvgIpc) is 2.84. The van der Waals surface area contributed by atoms with Crippen LogP contribution >= 0.6 is 0 Å². The lowest BCUT2D eigenvalue weighted by Gasteiger charge is -2.16. The van der Waals surface area contributed by atoms with Crippen LogP contribution in [-0.2, 0) is 0 Å². The fourth-order valence-electron chi connectivity index (χ4n) is 3.13. The second kappa shape index (κ2) is 5.36. The van der Waals surface area contributed by atoms with E-state index in [1.54, 1.807) is 0 Å². The molecule has 1 spiro atoms. The van der Waals surface area contributed by atoms with E-state index in [4.69, 9.17) is 0 Å². The second-order valence-corrected chi connectivity index (χ2v) is 5.72. The summed E-state index contributed by atoms with van der Waals surface area (Å²) in [6.45, 7) is -0.444. The summed E-state index contributed by atoms with van der Waals surface area (Å²) in [4.78, 5) is 0. The van der Waals surface area contributed by atoms with Gasteiger partial charge < -0.3 is 4.32 Å². The first-order valence-corrected chi connectivity index (χ1v) is 6.98. The number of rotatable bonds is 0. The number of hydrogen-bond donors (Lipinski definition) is 0. The van der Waals surface area contributed by atoms with Gasteiger partial charge in [-0.15, -0.1) is 0 Å². The highest BCUT2D eigenvalue weighted by Gasteiger charge is 2.57. The molecule has 1 saturated heterocycles. The SMILES string of the molecule is FB1CC12CCCCCCCCCCC2. The van der Waals surface area contributed by atoms with Crippen LogP contribution in [0.2, 0.25) is 11.6 Å². The van der Waals surface area contributed by atoms with Crippen molar-refractivity contribution in [3.8, 4) is 0 Å². The maximum Gasteiger partial charge on any atom is 0.353 e. The van der Waals surface area contributed by atoms with Crippen LogP contribution in [0.5, 0.6) is 0 Å². The van der Waals surface area contributed by atoms with Crippen molar-refractivity contribution in [3.05, 3.63) is 0 Å². The Morgan fingerprint density at radius 2 is 1.00 bits per heavy atom. The first-order chi connectivity index (χ1) is 7.33. The van der Waals surface area contributed by atoms with E-state index in [1.807, 2.05) is 0 Å². The van der Waals surface area contributed by atoms with Crippen LogP contribution < -0.4 is 0 Å². The number of hydrogen-bond acceptors (Lipinski definition) is 0. The first kappa shape index (κ1) is 11.5. The molecule has 0 aromatic heterocycles. The second-order valence-electron chi connectivity index (χ2n) is 5.72. The van der Waals surface area contributed by atoms with E-state index in [0.717, 1.165) is 6.32 Å². The average molecular weight is 210 g/mol. The van der Waals surface area contributed by atoms with Crippen molar-refractivity contribution < 1.29 is 4.32 Å².